The molecule has 2 rings (SSSR count). The van der Waals surface area contributed by atoms with E-state index in [0.717, 1.165) is 17.8 Å². The topological polar surface area (TPSA) is 89.1 Å². The lowest BCUT2D eigenvalue weighted by atomic mass is 10.2. The van der Waals surface area contributed by atoms with Crippen molar-refractivity contribution in [2.75, 3.05) is 5.73 Å². The number of rotatable bonds is 3. The van der Waals surface area contributed by atoms with E-state index in [2.05, 4.69) is 9.97 Å². The molecule has 0 aliphatic carbocycles. The first-order chi connectivity index (χ1) is 8.58. The number of aromatic nitrogens is 2. The number of nitrogens with zero attached hydrogens (tertiary/aromatic N) is 2. The molecule has 92 valence electrons. The Morgan fingerprint density at radius 3 is 2.83 bits per heavy atom. The van der Waals surface area contributed by atoms with Gasteiger partial charge in [0.05, 0.1) is 10.5 Å². The monoisotopic (exact) mass is 265 g/mol. The first-order valence-corrected chi connectivity index (χ1v) is 5.66. The second-order valence-corrected chi connectivity index (χ2v) is 4.39. The minimum absolute atomic E-state index is 0.105. The van der Waals surface area contributed by atoms with Crippen molar-refractivity contribution in [2.45, 2.75) is 9.92 Å². The highest BCUT2D eigenvalue weighted by Crippen LogP contribution is 2.31. The Bertz CT molecular complexity index is 592. The molecule has 2 aromatic rings. The number of aromatic carboxylic acids is 1. The number of hydrogen-bond acceptors (Lipinski definition) is 5. The van der Waals surface area contributed by atoms with Crippen molar-refractivity contribution in [2.24, 2.45) is 0 Å². The summed E-state index contributed by atoms with van der Waals surface area (Å²) in [7, 11) is 0. The predicted molar refractivity (Wildman–Crippen MR) is 63.9 cm³/mol. The summed E-state index contributed by atoms with van der Waals surface area (Å²) in [5.74, 6) is -1.78. The third-order valence-electron chi connectivity index (χ3n) is 2.10. The van der Waals surface area contributed by atoms with Gasteiger partial charge < -0.3 is 10.8 Å². The van der Waals surface area contributed by atoms with E-state index < -0.39 is 11.8 Å². The Morgan fingerprint density at radius 2 is 2.22 bits per heavy atom. The summed E-state index contributed by atoms with van der Waals surface area (Å²) in [5.41, 5.74) is 5.19. The second kappa shape index (κ2) is 5.01. The molecule has 0 atom stereocenters. The average molecular weight is 265 g/mol. The number of carbonyl (C=O) groups is 1. The molecule has 18 heavy (non-hydrogen) atoms. The number of nitrogen functional groups attached to an aromatic ring is 1. The zero-order chi connectivity index (χ0) is 13.1. The molecule has 1 aromatic carbocycles. The molecule has 0 bridgehead atoms. The highest BCUT2D eigenvalue weighted by molar-refractivity contribution is 7.99. The molecule has 7 heteroatoms. The van der Waals surface area contributed by atoms with Crippen molar-refractivity contribution >= 4 is 23.4 Å². The molecule has 0 unspecified atom stereocenters. The summed E-state index contributed by atoms with van der Waals surface area (Å²) in [6.07, 6.45) is 2.85. The van der Waals surface area contributed by atoms with E-state index in [1.807, 2.05) is 0 Å². The van der Waals surface area contributed by atoms with Crippen LogP contribution in [-0.2, 0) is 0 Å². The van der Waals surface area contributed by atoms with E-state index in [9.17, 15) is 9.18 Å². The molecule has 0 aliphatic rings. The Balaban J connectivity index is 2.39. The van der Waals surface area contributed by atoms with Gasteiger partial charge in [0.2, 0.25) is 0 Å². The Kier molecular flexibility index (Phi) is 3.42. The van der Waals surface area contributed by atoms with Crippen molar-refractivity contribution in [1.29, 1.82) is 0 Å². The van der Waals surface area contributed by atoms with Crippen LogP contribution in [-0.4, -0.2) is 21.0 Å². The Labute approximate surface area is 106 Å². The number of hydrogen-bond donors (Lipinski definition) is 2. The minimum Gasteiger partial charge on any atom is -0.478 e. The SMILES string of the molecule is Nc1cc(F)c(Sc2ccncn2)cc1C(=O)O. The zero-order valence-electron chi connectivity index (χ0n) is 9.00. The normalized spacial score (nSPS) is 10.3. The van der Waals surface area contributed by atoms with Gasteiger partial charge in [-0.15, -0.1) is 0 Å². The number of benzene rings is 1. The summed E-state index contributed by atoms with van der Waals surface area (Å²) in [5, 5.41) is 9.43. The summed E-state index contributed by atoms with van der Waals surface area (Å²) in [6, 6.07) is 3.79. The molecule has 1 heterocycles. The van der Waals surface area contributed by atoms with E-state index in [0.29, 0.717) is 5.03 Å². The Morgan fingerprint density at radius 1 is 1.44 bits per heavy atom. The third kappa shape index (κ3) is 2.57. The summed E-state index contributed by atoms with van der Waals surface area (Å²) < 4.78 is 13.6. The number of halogens is 1. The average Bonchev–Trinajstić information content (AvgIpc) is 2.33. The molecule has 0 aliphatic heterocycles. The van der Waals surface area contributed by atoms with E-state index in [1.165, 1.54) is 18.6 Å². The van der Waals surface area contributed by atoms with E-state index in [4.69, 9.17) is 10.8 Å². The molecular formula is C11H8FN3O2S. The molecule has 0 spiro atoms. The van der Waals surface area contributed by atoms with Crippen molar-refractivity contribution in [3.8, 4) is 0 Å². The van der Waals surface area contributed by atoms with Gasteiger partial charge in [0.15, 0.2) is 0 Å². The maximum Gasteiger partial charge on any atom is 0.337 e. The fraction of sp³-hybridized carbons (Fsp3) is 0. The first kappa shape index (κ1) is 12.3. The van der Waals surface area contributed by atoms with Crippen LogP contribution in [0.2, 0.25) is 0 Å². The summed E-state index contributed by atoms with van der Waals surface area (Å²) >= 11 is 1.01. The van der Waals surface area contributed by atoms with Gasteiger partial charge in [-0.05, 0) is 18.2 Å². The van der Waals surface area contributed by atoms with Crippen LogP contribution in [0.3, 0.4) is 0 Å². The molecule has 0 radical (unpaired) electrons. The highest BCUT2D eigenvalue weighted by Gasteiger charge is 2.14. The van der Waals surface area contributed by atoms with E-state index >= 15 is 0 Å². The van der Waals surface area contributed by atoms with Gasteiger partial charge in [-0.2, -0.15) is 0 Å². The molecule has 0 fully saturated rings. The number of nitrogens with two attached hydrogens (primary N) is 1. The molecule has 0 amide bonds. The van der Waals surface area contributed by atoms with Crippen LogP contribution >= 0.6 is 11.8 Å². The fourth-order valence-corrected chi connectivity index (χ4v) is 2.07. The van der Waals surface area contributed by atoms with Crippen LogP contribution in [0.4, 0.5) is 10.1 Å². The van der Waals surface area contributed by atoms with Gasteiger partial charge in [0.1, 0.15) is 17.2 Å². The molecule has 0 saturated heterocycles. The first-order valence-electron chi connectivity index (χ1n) is 4.84. The molecule has 3 N–H and O–H groups in total. The Hall–Kier alpha value is -2.15. The molecular weight excluding hydrogens is 257 g/mol. The van der Waals surface area contributed by atoms with Crippen molar-refractivity contribution in [3.05, 3.63) is 42.1 Å². The van der Waals surface area contributed by atoms with Crippen LogP contribution in [0.15, 0.2) is 40.6 Å². The minimum atomic E-state index is -1.20. The molecule has 0 saturated carbocycles. The van der Waals surface area contributed by atoms with Gasteiger partial charge >= 0.3 is 5.97 Å². The van der Waals surface area contributed by atoms with Crippen LogP contribution in [0.25, 0.3) is 0 Å². The van der Waals surface area contributed by atoms with Crippen molar-refractivity contribution in [1.82, 2.24) is 9.97 Å². The molecule has 1 aromatic heterocycles. The zero-order valence-corrected chi connectivity index (χ0v) is 9.82. The van der Waals surface area contributed by atoms with Crippen LogP contribution < -0.4 is 5.73 Å². The standard InChI is InChI=1S/C11H8FN3O2S/c12-7-4-8(13)6(11(16)17)3-9(7)18-10-1-2-14-5-15-10/h1-5H,13H2,(H,16,17). The van der Waals surface area contributed by atoms with E-state index in [-0.39, 0.29) is 16.1 Å². The largest absolute Gasteiger partial charge is 0.478 e. The number of carboxylic acids is 1. The smallest absolute Gasteiger partial charge is 0.337 e. The number of anilines is 1. The predicted octanol–water partition coefficient (Wildman–Crippen LogP) is 2.05. The van der Waals surface area contributed by atoms with Crippen molar-refractivity contribution < 1.29 is 14.3 Å². The van der Waals surface area contributed by atoms with Gasteiger partial charge in [-0.25, -0.2) is 19.2 Å². The van der Waals surface area contributed by atoms with Crippen LogP contribution in [0, 0.1) is 5.82 Å². The van der Waals surface area contributed by atoms with Crippen LogP contribution in [0.5, 0.6) is 0 Å². The van der Waals surface area contributed by atoms with E-state index in [1.54, 1.807) is 6.07 Å². The maximum atomic E-state index is 13.6. The lowest BCUT2D eigenvalue weighted by Crippen LogP contribution is -2.03. The maximum absolute atomic E-state index is 13.6. The molecule has 5 nitrogen and oxygen atoms in total. The van der Waals surface area contributed by atoms with Crippen LogP contribution in [0.1, 0.15) is 10.4 Å². The third-order valence-corrected chi connectivity index (χ3v) is 3.09. The quantitative estimate of drug-likeness (QED) is 0.652. The fourth-order valence-electron chi connectivity index (χ4n) is 1.28. The second-order valence-electron chi connectivity index (χ2n) is 3.32. The number of carboxylic acid groups (broad SMARTS) is 1. The summed E-state index contributed by atoms with van der Waals surface area (Å²) in [4.78, 5) is 18.7. The van der Waals surface area contributed by atoms with Gasteiger partial charge in [-0.3, -0.25) is 0 Å². The summed E-state index contributed by atoms with van der Waals surface area (Å²) in [6.45, 7) is 0. The van der Waals surface area contributed by atoms with Gasteiger partial charge in [0, 0.05) is 11.9 Å². The highest BCUT2D eigenvalue weighted by atomic mass is 32.2. The van der Waals surface area contributed by atoms with Gasteiger partial charge in [0.25, 0.3) is 0 Å². The van der Waals surface area contributed by atoms with Crippen molar-refractivity contribution in [3.63, 3.8) is 0 Å². The lowest BCUT2D eigenvalue weighted by molar-refractivity contribution is 0.0697. The van der Waals surface area contributed by atoms with Gasteiger partial charge in [-0.1, -0.05) is 11.8 Å². The lowest BCUT2D eigenvalue weighted by Gasteiger charge is -2.06.